The zero-order valence-corrected chi connectivity index (χ0v) is 13.8. The van der Waals surface area contributed by atoms with Crippen LogP contribution < -0.4 is 10.5 Å². The van der Waals surface area contributed by atoms with Crippen molar-refractivity contribution in [2.75, 3.05) is 6.61 Å². The van der Waals surface area contributed by atoms with Crippen LogP contribution in [-0.2, 0) is 4.84 Å². The fourth-order valence-electron chi connectivity index (χ4n) is 1.74. The zero-order valence-electron chi connectivity index (χ0n) is 12.3. The minimum atomic E-state index is -0.638. The zero-order chi connectivity index (χ0) is 16.8. The average molecular weight is 353 g/mol. The summed E-state index contributed by atoms with van der Waals surface area (Å²) in [4.78, 5) is 16.7. The van der Waals surface area contributed by atoms with Gasteiger partial charge in [-0.25, -0.2) is 4.79 Å². The van der Waals surface area contributed by atoms with Gasteiger partial charge in [-0.3, -0.25) is 0 Å². The lowest BCUT2D eigenvalue weighted by Gasteiger charge is -2.05. The van der Waals surface area contributed by atoms with Crippen molar-refractivity contribution in [3.05, 3.63) is 63.6 Å². The van der Waals surface area contributed by atoms with E-state index in [4.69, 9.17) is 38.5 Å². The normalized spacial score (nSPS) is 11.2. The SMILES string of the molecule is CCOc1ccc(C(=O)O/N=C(\N)c2ccc(Cl)cc2Cl)cc1. The monoisotopic (exact) mass is 352 g/mol. The van der Waals surface area contributed by atoms with Crippen LogP contribution >= 0.6 is 23.2 Å². The first-order valence-electron chi connectivity index (χ1n) is 6.74. The molecule has 2 N–H and O–H groups in total. The Morgan fingerprint density at radius 3 is 2.48 bits per heavy atom. The molecule has 2 aromatic rings. The van der Waals surface area contributed by atoms with E-state index in [1.807, 2.05) is 6.92 Å². The number of rotatable bonds is 5. The van der Waals surface area contributed by atoms with Crippen molar-refractivity contribution in [1.29, 1.82) is 0 Å². The van der Waals surface area contributed by atoms with Crippen LogP contribution in [0.25, 0.3) is 0 Å². The van der Waals surface area contributed by atoms with E-state index in [-0.39, 0.29) is 5.84 Å². The van der Waals surface area contributed by atoms with Crippen LogP contribution in [-0.4, -0.2) is 18.4 Å². The van der Waals surface area contributed by atoms with Crippen LogP contribution in [0.1, 0.15) is 22.8 Å². The highest BCUT2D eigenvalue weighted by molar-refractivity contribution is 6.36. The molecule has 7 heteroatoms. The van der Waals surface area contributed by atoms with E-state index in [9.17, 15) is 4.79 Å². The minimum absolute atomic E-state index is 0.0223. The second-order valence-electron chi connectivity index (χ2n) is 4.44. The number of carbonyl (C=O) groups is 1. The van der Waals surface area contributed by atoms with E-state index in [1.54, 1.807) is 36.4 Å². The Kier molecular flexibility index (Phi) is 5.84. The van der Waals surface area contributed by atoms with Gasteiger partial charge in [0.05, 0.1) is 17.2 Å². The molecule has 0 saturated carbocycles. The van der Waals surface area contributed by atoms with Crippen molar-refractivity contribution >= 4 is 35.0 Å². The number of benzene rings is 2. The summed E-state index contributed by atoms with van der Waals surface area (Å²) in [6, 6.07) is 11.2. The summed E-state index contributed by atoms with van der Waals surface area (Å²) in [5.41, 5.74) is 6.51. The first-order chi connectivity index (χ1) is 11.0. The fourth-order valence-corrected chi connectivity index (χ4v) is 2.25. The van der Waals surface area contributed by atoms with Gasteiger partial charge in [0.1, 0.15) is 5.75 Å². The Morgan fingerprint density at radius 2 is 1.87 bits per heavy atom. The number of halogens is 2. The number of ether oxygens (including phenoxy) is 1. The van der Waals surface area contributed by atoms with Crippen molar-refractivity contribution in [2.24, 2.45) is 10.9 Å². The molecule has 120 valence electrons. The van der Waals surface area contributed by atoms with Crippen LogP contribution in [0.2, 0.25) is 10.0 Å². The summed E-state index contributed by atoms with van der Waals surface area (Å²) in [7, 11) is 0. The van der Waals surface area contributed by atoms with Gasteiger partial charge in [-0.05, 0) is 49.4 Å². The van der Waals surface area contributed by atoms with Gasteiger partial charge in [0.25, 0.3) is 0 Å². The molecule has 0 heterocycles. The molecule has 0 aliphatic rings. The quantitative estimate of drug-likeness (QED) is 0.383. The third-order valence-corrected chi connectivity index (χ3v) is 3.38. The molecule has 0 aliphatic carbocycles. The summed E-state index contributed by atoms with van der Waals surface area (Å²) in [5.74, 6) is 0.00653. The van der Waals surface area contributed by atoms with Gasteiger partial charge in [-0.2, -0.15) is 0 Å². The first kappa shape index (κ1) is 17.1. The molecular weight excluding hydrogens is 339 g/mol. The summed E-state index contributed by atoms with van der Waals surface area (Å²) < 4.78 is 5.29. The van der Waals surface area contributed by atoms with Gasteiger partial charge in [0, 0.05) is 10.6 Å². The molecule has 0 unspecified atom stereocenters. The molecule has 23 heavy (non-hydrogen) atoms. The number of nitrogens with zero attached hydrogens (tertiary/aromatic N) is 1. The molecule has 0 bridgehead atoms. The Hall–Kier alpha value is -2.24. The molecule has 0 aliphatic heterocycles. The van der Waals surface area contributed by atoms with E-state index in [0.29, 0.717) is 33.5 Å². The molecule has 0 spiro atoms. The second-order valence-corrected chi connectivity index (χ2v) is 5.28. The summed E-state index contributed by atoms with van der Waals surface area (Å²) in [6.45, 7) is 2.42. The lowest BCUT2D eigenvalue weighted by Crippen LogP contribution is -2.15. The van der Waals surface area contributed by atoms with Crippen molar-refractivity contribution in [3.63, 3.8) is 0 Å². The molecule has 5 nitrogen and oxygen atoms in total. The molecule has 2 rings (SSSR count). The van der Waals surface area contributed by atoms with Crippen molar-refractivity contribution < 1.29 is 14.4 Å². The summed E-state index contributed by atoms with van der Waals surface area (Å²) >= 11 is 11.8. The summed E-state index contributed by atoms with van der Waals surface area (Å²) in [6.07, 6.45) is 0. The Balaban J connectivity index is 2.07. The number of carbonyl (C=O) groups excluding carboxylic acids is 1. The number of oxime groups is 1. The van der Waals surface area contributed by atoms with Gasteiger partial charge in [-0.15, -0.1) is 0 Å². The number of hydrogen-bond acceptors (Lipinski definition) is 4. The van der Waals surface area contributed by atoms with Gasteiger partial charge in [-0.1, -0.05) is 28.4 Å². The van der Waals surface area contributed by atoms with Gasteiger partial charge in [0.15, 0.2) is 5.84 Å². The second kappa shape index (κ2) is 7.85. The Morgan fingerprint density at radius 1 is 1.17 bits per heavy atom. The average Bonchev–Trinajstić information content (AvgIpc) is 2.53. The first-order valence-corrected chi connectivity index (χ1v) is 7.50. The highest BCUT2D eigenvalue weighted by Gasteiger charge is 2.10. The van der Waals surface area contributed by atoms with E-state index in [1.165, 1.54) is 6.07 Å². The maximum absolute atomic E-state index is 11.9. The van der Waals surface area contributed by atoms with Gasteiger partial charge < -0.3 is 15.3 Å². The standard InChI is InChI=1S/C16H14Cl2N2O3/c1-2-22-12-6-3-10(4-7-12)16(21)23-20-15(19)13-8-5-11(17)9-14(13)18/h3-9H,2H2,1H3,(H2,19,20). The van der Waals surface area contributed by atoms with Crippen LogP contribution in [0, 0.1) is 0 Å². The molecule has 0 amide bonds. The smallest absolute Gasteiger partial charge is 0.365 e. The van der Waals surface area contributed by atoms with E-state index < -0.39 is 5.97 Å². The van der Waals surface area contributed by atoms with Crippen molar-refractivity contribution in [2.45, 2.75) is 6.92 Å². The molecule has 0 aromatic heterocycles. The lowest BCUT2D eigenvalue weighted by molar-refractivity contribution is 0.0516. The highest BCUT2D eigenvalue weighted by atomic mass is 35.5. The molecule has 0 fully saturated rings. The van der Waals surface area contributed by atoms with Crippen LogP contribution in [0.5, 0.6) is 5.75 Å². The van der Waals surface area contributed by atoms with Crippen molar-refractivity contribution in [3.8, 4) is 5.75 Å². The third kappa shape index (κ3) is 4.61. The van der Waals surface area contributed by atoms with Crippen LogP contribution in [0.3, 0.4) is 0 Å². The Bertz CT molecular complexity index is 731. The fraction of sp³-hybridized carbons (Fsp3) is 0.125. The predicted octanol–water partition coefficient (Wildman–Crippen LogP) is 3.87. The highest BCUT2D eigenvalue weighted by Crippen LogP contribution is 2.21. The molecule has 2 aromatic carbocycles. The topological polar surface area (TPSA) is 73.9 Å². The maximum atomic E-state index is 11.9. The number of hydrogen-bond donors (Lipinski definition) is 1. The largest absolute Gasteiger partial charge is 0.494 e. The number of amidine groups is 1. The van der Waals surface area contributed by atoms with E-state index in [2.05, 4.69) is 5.16 Å². The Labute approximate surface area is 143 Å². The maximum Gasteiger partial charge on any atom is 0.365 e. The van der Waals surface area contributed by atoms with Gasteiger partial charge in [0.2, 0.25) is 0 Å². The minimum Gasteiger partial charge on any atom is -0.494 e. The summed E-state index contributed by atoms with van der Waals surface area (Å²) in [5, 5.41) is 4.39. The van der Waals surface area contributed by atoms with Crippen molar-refractivity contribution in [1.82, 2.24) is 0 Å². The molecule has 0 atom stereocenters. The van der Waals surface area contributed by atoms with Crippen LogP contribution in [0.4, 0.5) is 0 Å². The number of nitrogens with two attached hydrogens (primary N) is 1. The molecule has 0 saturated heterocycles. The van der Waals surface area contributed by atoms with Gasteiger partial charge >= 0.3 is 5.97 Å². The van der Waals surface area contributed by atoms with E-state index >= 15 is 0 Å². The third-order valence-electron chi connectivity index (χ3n) is 2.84. The van der Waals surface area contributed by atoms with Crippen LogP contribution in [0.15, 0.2) is 47.6 Å². The lowest BCUT2D eigenvalue weighted by atomic mass is 10.2. The molecular formula is C16H14Cl2N2O3. The van der Waals surface area contributed by atoms with E-state index in [0.717, 1.165) is 0 Å². The predicted molar refractivity (Wildman–Crippen MR) is 90.2 cm³/mol. The molecule has 0 radical (unpaired) electrons.